The number of hydrogen-bond acceptors (Lipinski definition) is 7. The predicted octanol–water partition coefficient (Wildman–Crippen LogP) is 6.33. The summed E-state index contributed by atoms with van der Waals surface area (Å²) in [4.78, 5) is 0. The van der Waals surface area contributed by atoms with E-state index < -0.39 is 54.4 Å². The second-order valence-electron chi connectivity index (χ2n) is 20.8. The molecular formula is C44H67FN2O6S. The minimum Gasteiger partial charge on any atom is -0.396 e. The van der Waals surface area contributed by atoms with Crippen LogP contribution < -0.4 is 10.6 Å². The average molecular weight is 771 g/mol. The monoisotopic (exact) mass is 770 g/mol. The summed E-state index contributed by atoms with van der Waals surface area (Å²) in [5, 5.41) is 74.2. The van der Waals surface area contributed by atoms with Crippen molar-refractivity contribution in [2.45, 2.75) is 149 Å². The molecule has 7 unspecified atom stereocenters. The van der Waals surface area contributed by atoms with Crippen LogP contribution in [0.1, 0.15) is 113 Å². The van der Waals surface area contributed by atoms with E-state index in [2.05, 4.69) is 65.2 Å². The van der Waals surface area contributed by atoms with Crippen LogP contribution in [0, 0.1) is 67.9 Å². The third-order valence-corrected chi connectivity index (χ3v) is 17.9. The molecule has 0 aromatic heterocycles. The Labute approximate surface area is 327 Å². The zero-order chi connectivity index (χ0) is 39.4. The zero-order valence-corrected chi connectivity index (χ0v) is 34.3. The zero-order valence-electron chi connectivity index (χ0n) is 33.5. The third-order valence-electron chi connectivity index (χ3n) is 17.7. The van der Waals surface area contributed by atoms with Crippen LogP contribution in [0.5, 0.6) is 0 Å². The first-order chi connectivity index (χ1) is 25.2. The van der Waals surface area contributed by atoms with Gasteiger partial charge in [0.1, 0.15) is 5.82 Å². The first-order valence-corrected chi connectivity index (χ1v) is 21.1. The molecule has 5 saturated carbocycles. The maximum Gasteiger partial charge on any atom is 0.171 e. The van der Waals surface area contributed by atoms with Gasteiger partial charge >= 0.3 is 0 Å². The molecular weight excluding hydrogens is 704 g/mol. The lowest BCUT2D eigenvalue weighted by Gasteiger charge is -2.72. The van der Waals surface area contributed by atoms with Gasteiger partial charge < -0.3 is 41.3 Å². The van der Waals surface area contributed by atoms with E-state index in [9.17, 15) is 35.0 Å². The highest BCUT2D eigenvalue weighted by atomic mass is 32.1. The highest BCUT2D eigenvalue weighted by molar-refractivity contribution is 7.80. The summed E-state index contributed by atoms with van der Waals surface area (Å²) in [6, 6.07) is 6.47. The Morgan fingerprint density at radius 2 is 1.52 bits per heavy atom. The van der Waals surface area contributed by atoms with E-state index in [1.54, 1.807) is 12.1 Å². The van der Waals surface area contributed by atoms with Crippen LogP contribution in [0.3, 0.4) is 0 Å². The van der Waals surface area contributed by atoms with Gasteiger partial charge in [-0.15, -0.1) is 0 Å². The summed E-state index contributed by atoms with van der Waals surface area (Å²) in [6.07, 6.45) is 5.22. The molecule has 0 heterocycles. The number of aliphatic hydroxyl groups is 6. The van der Waals surface area contributed by atoms with Gasteiger partial charge in [0.25, 0.3) is 0 Å². The summed E-state index contributed by atoms with van der Waals surface area (Å²) >= 11 is 5.78. The number of nitrogens with one attached hydrogen (secondary N) is 2. The molecule has 0 bridgehead atoms. The van der Waals surface area contributed by atoms with Crippen LogP contribution in [0.25, 0.3) is 0 Å². The normalized spacial score (nSPS) is 46.1. The van der Waals surface area contributed by atoms with Gasteiger partial charge in [0.05, 0.1) is 37.1 Å². The van der Waals surface area contributed by atoms with Crippen LogP contribution >= 0.6 is 12.2 Å². The van der Waals surface area contributed by atoms with Crippen molar-refractivity contribution >= 4 is 23.0 Å². The van der Waals surface area contributed by atoms with Crippen LogP contribution in [0.15, 0.2) is 35.9 Å². The Balaban J connectivity index is 1.16. The molecule has 54 heavy (non-hydrogen) atoms. The van der Waals surface area contributed by atoms with Gasteiger partial charge in [-0.3, -0.25) is 0 Å². The average Bonchev–Trinajstić information content (AvgIpc) is 3.32. The fourth-order valence-electron chi connectivity index (χ4n) is 14.3. The largest absolute Gasteiger partial charge is 0.396 e. The second-order valence-corrected chi connectivity index (χ2v) is 21.2. The molecule has 0 amide bonds. The number of rotatable bonds is 6. The SMILES string of the molecule is CC1(C)CC[C@]2([C@H](O)[C@@H](O)C3C(O)C(CO)[C@H](O)C3O)CC[C@]3(C)C(=CCC4[C@@]5(C)CC[C@H](NC(=S)Nc6ccc(F)cc6)C(C)(C)C5CC[C@]43C)C2C1. The highest BCUT2D eigenvalue weighted by Crippen LogP contribution is 2.76. The van der Waals surface area contributed by atoms with E-state index in [-0.39, 0.29) is 44.9 Å². The van der Waals surface area contributed by atoms with Gasteiger partial charge in [0.15, 0.2) is 5.11 Å². The van der Waals surface area contributed by atoms with Gasteiger partial charge in [-0.25, -0.2) is 4.39 Å². The van der Waals surface area contributed by atoms with Crippen LogP contribution in [-0.4, -0.2) is 78.9 Å². The van der Waals surface area contributed by atoms with E-state index in [1.165, 1.54) is 17.7 Å². The number of allylic oxidation sites excluding steroid dienone is 2. The van der Waals surface area contributed by atoms with Gasteiger partial charge in [-0.2, -0.15) is 0 Å². The molecule has 7 rings (SSSR count). The Hall–Kier alpha value is -1.66. The van der Waals surface area contributed by atoms with Crippen molar-refractivity contribution in [2.75, 3.05) is 11.9 Å². The number of anilines is 1. The minimum atomic E-state index is -1.44. The number of fused-ring (bicyclic) bond motifs is 7. The van der Waals surface area contributed by atoms with Gasteiger partial charge in [0, 0.05) is 29.0 Å². The molecule has 10 heteroatoms. The molecule has 1 aromatic carbocycles. The second kappa shape index (κ2) is 13.7. The maximum atomic E-state index is 13.5. The maximum absolute atomic E-state index is 13.5. The fraction of sp³-hybridized carbons (Fsp3) is 0.795. The molecule has 6 aliphatic rings. The lowest BCUT2D eigenvalue weighted by molar-refractivity contribution is -0.204. The smallest absolute Gasteiger partial charge is 0.171 e. The Kier molecular flexibility index (Phi) is 10.3. The number of benzene rings is 1. The van der Waals surface area contributed by atoms with Crippen molar-refractivity contribution in [3.05, 3.63) is 41.7 Å². The molecule has 0 radical (unpaired) electrons. The molecule has 5 fully saturated rings. The van der Waals surface area contributed by atoms with Crippen molar-refractivity contribution in [3.8, 4) is 0 Å². The standard InChI is InChI=1S/C44H67FN2O6S/c1-39(2)18-20-44(37(53)36(52)32-33(49)26(23-48)34(50)35(32)51)21-19-42(6)27(28(44)22-39)12-13-30-41(5)16-15-31(40(3,4)29(41)14-17-43(30,42)7)47-38(54)46-25-10-8-24(45)9-11-25/h8-12,26,28-37,48-53H,13-23H2,1-7H3,(H2,46,47,54)/t26?,28?,29?,30?,31-,32?,33?,34-,35?,36-,37+,41-,42+,43+,44-/m0/s1. The number of hydrogen-bond donors (Lipinski definition) is 8. The van der Waals surface area contributed by atoms with E-state index in [4.69, 9.17) is 12.2 Å². The molecule has 302 valence electrons. The summed E-state index contributed by atoms with van der Waals surface area (Å²) in [5.74, 6) is -1.40. The molecule has 8 nitrogen and oxygen atoms in total. The third kappa shape index (κ3) is 5.96. The Morgan fingerprint density at radius 3 is 2.17 bits per heavy atom. The Bertz CT molecular complexity index is 1620. The highest BCUT2D eigenvalue weighted by Gasteiger charge is 2.70. The minimum absolute atomic E-state index is 0.0267. The van der Waals surface area contributed by atoms with Gasteiger partial charge in [-0.05, 0) is 146 Å². The van der Waals surface area contributed by atoms with Crippen molar-refractivity contribution in [3.63, 3.8) is 0 Å². The van der Waals surface area contributed by atoms with Crippen molar-refractivity contribution in [1.29, 1.82) is 0 Å². The van der Waals surface area contributed by atoms with E-state index in [0.717, 1.165) is 69.9 Å². The number of aliphatic hydroxyl groups excluding tert-OH is 6. The van der Waals surface area contributed by atoms with E-state index in [0.29, 0.717) is 16.9 Å². The first kappa shape index (κ1) is 40.5. The molecule has 0 aliphatic heterocycles. The summed E-state index contributed by atoms with van der Waals surface area (Å²) in [6.45, 7) is 16.5. The summed E-state index contributed by atoms with van der Waals surface area (Å²) in [5.41, 5.74) is 1.64. The first-order valence-electron chi connectivity index (χ1n) is 20.7. The Morgan fingerprint density at radius 1 is 0.852 bits per heavy atom. The molecule has 8 N–H and O–H groups in total. The van der Waals surface area contributed by atoms with Crippen LogP contribution in [-0.2, 0) is 0 Å². The summed E-state index contributed by atoms with van der Waals surface area (Å²) in [7, 11) is 0. The van der Waals surface area contributed by atoms with Crippen LogP contribution in [0.4, 0.5) is 10.1 Å². The molecule has 0 saturated heterocycles. The number of thiocarbonyl (C=S) groups is 1. The lowest BCUT2D eigenvalue weighted by Crippen LogP contribution is -2.67. The molecule has 6 aliphatic carbocycles. The number of halogens is 1. The molecule has 1 aromatic rings. The van der Waals surface area contributed by atoms with Crippen molar-refractivity contribution in [1.82, 2.24) is 5.32 Å². The fourth-order valence-corrected chi connectivity index (χ4v) is 14.5. The lowest BCUT2D eigenvalue weighted by atomic mass is 9.33. The van der Waals surface area contributed by atoms with E-state index in [1.807, 2.05) is 0 Å². The van der Waals surface area contributed by atoms with E-state index >= 15 is 0 Å². The van der Waals surface area contributed by atoms with Gasteiger partial charge in [0.2, 0.25) is 0 Å². The quantitative estimate of drug-likeness (QED) is 0.123. The topological polar surface area (TPSA) is 145 Å². The van der Waals surface area contributed by atoms with Crippen molar-refractivity contribution in [2.24, 2.45) is 62.1 Å². The predicted molar refractivity (Wildman–Crippen MR) is 213 cm³/mol. The molecule has 15 atom stereocenters. The van der Waals surface area contributed by atoms with Gasteiger partial charge in [-0.1, -0.05) is 60.1 Å². The summed E-state index contributed by atoms with van der Waals surface area (Å²) < 4.78 is 13.5. The van der Waals surface area contributed by atoms with Crippen LogP contribution in [0.2, 0.25) is 0 Å². The molecule has 0 spiro atoms. The van der Waals surface area contributed by atoms with Crippen molar-refractivity contribution < 1.29 is 35.0 Å².